The maximum Gasteiger partial charge on any atom is 0.254 e. The molecule has 5 nitrogen and oxygen atoms in total. The van der Waals surface area contributed by atoms with Crippen LogP contribution in [0.15, 0.2) is 24.3 Å². The van der Waals surface area contributed by atoms with E-state index in [9.17, 15) is 14.0 Å². The van der Waals surface area contributed by atoms with E-state index in [0.717, 1.165) is 18.8 Å². The molecule has 0 spiro atoms. The summed E-state index contributed by atoms with van der Waals surface area (Å²) in [5.74, 6) is -0.984. The number of halogens is 1. The van der Waals surface area contributed by atoms with Crippen molar-refractivity contribution in [3.05, 3.63) is 29.8 Å². The van der Waals surface area contributed by atoms with Gasteiger partial charge in [-0.2, -0.15) is 0 Å². The van der Waals surface area contributed by atoms with Crippen LogP contribution in [0.5, 0.6) is 0 Å². The lowest BCUT2D eigenvalue weighted by atomic mass is 10.1. The van der Waals surface area contributed by atoms with Gasteiger partial charge >= 0.3 is 0 Å². The highest BCUT2D eigenvalue weighted by Gasteiger charge is 2.39. The Morgan fingerprint density at radius 3 is 2.35 bits per heavy atom. The van der Waals surface area contributed by atoms with Gasteiger partial charge in [-0.3, -0.25) is 9.59 Å². The lowest BCUT2D eigenvalue weighted by Crippen LogP contribution is -2.43. The molecule has 23 heavy (non-hydrogen) atoms. The smallest absolute Gasteiger partial charge is 0.254 e. The second-order valence-corrected chi connectivity index (χ2v) is 6.30. The van der Waals surface area contributed by atoms with Gasteiger partial charge in [0.1, 0.15) is 12.2 Å². The van der Waals surface area contributed by atoms with Crippen LogP contribution in [0.4, 0.5) is 10.1 Å². The van der Waals surface area contributed by atoms with Crippen LogP contribution in [0, 0.1) is 0 Å². The molecular weight excluding hydrogens is 297 g/mol. The molecule has 2 heterocycles. The van der Waals surface area contributed by atoms with Gasteiger partial charge in [0.05, 0.1) is 6.54 Å². The molecule has 2 N–H and O–H groups in total. The van der Waals surface area contributed by atoms with Crippen molar-refractivity contribution < 1.29 is 14.0 Å². The summed E-state index contributed by atoms with van der Waals surface area (Å²) in [5.41, 5.74) is 6.84. The van der Waals surface area contributed by atoms with E-state index >= 15 is 0 Å². The summed E-state index contributed by atoms with van der Waals surface area (Å²) < 4.78 is 13.6. The zero-order valence-electron chi connectivity index (χ0n) is 13.1. The number of alkyl halides is 1. The Morgan fingerprint density at radius 2 is 1.74 bits per heavy atom. The largest absolute Gasteiger partial charge is 0.372 e. The molecule has 124 valence electrons. The van der Waals surface area contributed by atoms with Gasteiger partial charge in [0, 0.05) is 30.8 Å². The maximum absolute atomic E-state index is 13.6. The molecule has 2 saturated heterocycles. The fraction of sp³-hybridized carbons (Fsp3) is 0.529. The van der Waals surface area contributed by atoms with Crippen molar-refractivity contribution in [1.82, 2.24) is 4.90 Å². The van der Waals surface area contributed by atoms with Gasteiger partial charge in [-0.1, -0.05) is 0 Å². The Morgan fingerprint density at radius 1 is 1.09 bits per heavy atom. The quantitative estimate of drug-likeness (QED) is 0.922. The number of nitrogens with zero attached hydrogens (tertiary/aromatic N) is 2. The fourth-order valence-corrected chi connectivity index (χ4v) is 3.41. The molecule has 2 fully saturated rings. The number of hydrogen-bond acceptors (Lipinski definition) is 3. The Balaban J connectivity index is 1.73. The molecule has 2 aliphatic rings. The average molecular weight is 319 g/mol. The van der Waals surface area contributed by atoms with Crippen molar-refractivity contribution in [2.75, 3.05) is 24.5 Å². The van der Waals surface area contributed by atoms with Crippen LogP contribution in [0.3, 0.4) is 0 Å². The minimum Gasteiger partial charge on any atom is -0.372 e. The molecule has 2 amide bonds. The first-order valence-corrected chi connectivity index (χ1v) is 8.15. The third-order valence-electron chi connectivity index (χ3n) is 4.67. The van der Waals surface area contributed by atoms with E-state index < -0.39 is 18.1 Å². The molecule has 2 atom stereocenters. The number of amides is 2. The second kappa shape index (κ2) is 6.56. The van der Waals surface area contributed by atoms with Gasteiger partial charge in [0.25, 0.3) is 5.91 Å². The van der Waals surface area contributed by atoms with Crippen molar-refractivity contribution in [3.8, 4) is 0 Å². The number of piperidine rings is 1. The maximum atomic E-state index is 13.6. The molecule has 1 aromatic rings. The molecule has 0 radical (unpaired) electrons. The number of likely N-dealkylation sites (tertiary alicyclic amines) is 1. The van der Waals surface area contributed by atoms with Crippen LogP contribution in [0.2, 0.25) is 0 Å². The van der Waals surface area contributed by atoms with E-state index in [1.807, 2.05) is 12.1 Å². The van der Waals surface area contributed by atoms with Gasteiger partial charge in [-0.25, -0.2) is 4.39 Å². The highest BCUT2D eigenvalue weighted by atomic mass is 19.1. The van der Waals surface area contributed by atoms with Crippen LogP contribution in [-0.2, 0) is 4.79 Å². The molecule has 0 aliphatic carbocycles. The summed E-state index contributed by atoms with van der Waals surface area (Å²) in [5, 5.41) is 0. The standard InChI is InChI=1S/C17H22FN3O2/c18-13-10-15(16(19)22)21(11-13)17(23)12-4-6-14(7-5-12)20-8-2-1-3-9-20/h4-7,13,15H,1-3,8-11H2,(H2,19,22)/t13-,15+/m1/s1. The normalized spacial score (nSPS) is 24.7. The Hall–Kier alpha value is -2.11. The van der Waals surface area contributed by atoms with E-state index in [-0.39, 0.29) is 18.9 Å². The topological polar surface area (TPSA) is 66.6 Å². The molecule has 0 unspecified atom stereocenters. The van der Waals surface area contributed by atoms with Gasteiger partial charge in [0.2, 0.25) is 5.91 Å². The first-order valence-electron chi connectivity index (χ1n) is 8.15. The first kappa shape index (κ1) is 15.8. The number of primary amides is 1. The number of carbonyl (C=O) groups excluding carboxylic acids is 2. The van der Waals surface area contributed by atoms with E-state index in [1.54, 1.807) is 12.1 Å². The monoisotopic (exact) mass is 319 g/mol. The van der Waals surface area contributed by atoms with Gasteiger partial charge in [-0.15, -0.1) is 0 Å². The molecule has 0 saturated carbocycles. The summed E-state index contributed by atoms with van der Waals surface area (Å²) in [6.07, 6.45) is 2.44. The van der Waals surface area contributed by atoms with Crippen molar-refractivity contribution in [3.63, 3.8) is 0 Å². The Bertz CT molecular complexity index is 584. The van der Waals surface area contributed by atoms with Gasteiger partial charge in [-0.05, 0) is 43.5 Å². The van der Waals surface area contributed by atoms with Crippen molar-refractivity contribution in [2.24, 2.45) is 5.73 Å². The predicted molar refractivity (Wildman–Crippen MR) is 86.0 cm³/mol. The van der Waals surface area contributed by atoms with Crippen molar-refractivity contribution >= 4 is 17.5 Å². The lowest BCUT2D eigenvalue weighted by molar-refractivity contribution is -0.121. The molecule has 2 aliphatic heterocycles. The minimum atomic E-state index is -1.19. The number of hydrogen-bond donors (Lipinski definition) is 1. The molecule has 3 rings (SSSR count). The highest BCUT2D eigenvalue weighted by Crippen LogP contribution is 2.24. The SMILES string of the molecule is NC(=O)[C@@H]1C[C@@H](F)CN1C(=O)c1ccc(N2CCCCC2)cc1. The van der Waals surface area contributed by atoms with Crippen LogP contribution >= 0.6 is 0 Å². The number of benzene rings is 1. The van der Waals surface area contributed by atoms with Crippen LogP contribution < -0.4 is 10.6 Å². The summed E-state index contributed by atoms with van der Waals surface area (Å²) in [7, 11) is 0. The average Bonchev–Trinajstić information content (AvgIpc) is 2.97. The summed E-state index contributed by atoms with van der Waals surface area (Å²) >= 11 is 0. The summed E-state index contributed by atoms with van der Waals surface area (Å²) in [4.78, 5) is 27.5. The number of carbonyl (C=O) groups is 2. The molecule has 6 heteroatoms. The zero-order valence-corrected chi connectivity index (χ0v) is 13.1. The van der Waals surface area contributed by atoms with E-state index in [4.69, 9.17) is 5.73 Å². The van der Waals surface area contributed by atoms with E-state index in [1.165, 1.54) is 24.2 Å². The summed E-state index contributed by atoms with van der Waals surface area (Å²) in [6, 6.07) is 6.48. The lowest BCUT2D eigenvalue weighted by Gasteiger charge is -2.29. The molecule has 1 aromatic carbocycles. The first-order chi connectivity index (χ1) is 11.1. The Kier molecular flexibility index (Phi) is 4.50. The fourth-order valence-electron chi connectivity index (χ4n) is 3.41. The van der Waals surface area contributed by atoms with Crippen LogP contribution in [0.25, 0.3) is 0 Å². The minimum absolute atomic E-state index is 0.00701. The van der Waals surface area contributed by atoms with Crippen LogP contribution in [0.1, 0.15) is 36.0 Å². The van der Waals surface area contributed by atoms with Crippen molar-refractivity contribution in [2.45, 2.75) is 37.9 Å². The van der Waals surface area contributed by atoms with Gasteiger partial charge in [0.15, 0.2) is 0 Å². The number of nitrogens with two attached hydrogens (primary N) is 1. The highest BCUT2D eigenvalue weighted by molar-refractivity contribution is 5.98. The third-order valence-corrected chi connectivity index (χ3v) is 4.67. The zero-order chi connectivity index (χ0) is 16.4. The Labute approximate surface area is 135 Å². The van der Waals surface area contributed by atoms with Gasteiger partial charge < -0.3 is 15.5 Å². The second-order valence-electron chi connectivity index (χ2n) is 6.30. The molecular formula is C17H22FN3O2. The van der Waals surface area contributed by atoms with Crippen molar-refractivity contribution in [1.29, 1.82) is 0 Å². The van der Waals surface area contributed by atoms with E-state index in [0.29, 0.717) is 5.56 Å². The summed E-state index contributed by atoms with van der Waals surface area (Å²) in [6.45, 7) is 2.00. The third kappa shape index (κ3) is 3.30. The predicted octanol–water partition coefficient (Wildman–Crippen LogP) is 1.71. The molecule has 0 bridgehead atoms. The van der Waals surface area contributed by atoms with Crippen LogP contribution in [-0.4, -0.2) is 48.6 Å². The number of rotatable bonds is 3. The molecule has 0 aromatic heterocycles. The van der Waals surface area contributed by atoms with E-state index in [2.05, 4.69) is 4.90 Å². The number of anilines is 1.